The van der Waals surface area contributed by atoms with Crippen LogP contribution < -0.4 is 4.74 Å². The van der Waals surface area contributed by atoms with E-state index >= 15 is 0 Å². The molecule has 0 radical (unpaired) electrons. The predicted molar refractivity (Wildman–Crippen MR) is 63.3 cm³/mol. The van der Waals surface area contributed by atoms with Gasteiger partial charge in [-0.1, -0.05) is 26.2 Å². The average Bonchev–Trinajstić information content (AvgIpc) is 2.16. The zero-order valence-corrected chi connectivity index (χ0v) is 9.90. The molecule has 0 unspecified atom stereocenters. The van der Waals surface area contributed by atoms with Crippen molar-refractivity contribution in [3.63, 3.8) is 0 Å². The van der Waals surface area contributed by atoms with Gasteiger partial charge in [0.15, 0.2) is 0 Å². The maximum absolute atomic E-state index is 12.9. The standard InChI is InChI=1S/C12H17FOS/c1-2-3-4-5-6-14-11-7-10(13)8-12(15)9-11/h7-9,15H,2-6H2,1H3. The van der Waals surface area contributed by atoms with E-state index in [2.05, 4.69) is 19.6 Å². The Bertz CT molecular complexity index is 281. The van der Waals surface area contributed by atoms with E-state index in [1.165, 1.54) is 31.4 Å². The van der Waals surface area contributed by atoms with Gasteiger partial charge in [-0.15, -0.1) is 12.6 Å². The van der Waals surface area contributed by atoms with Crippen LogP contribution in [0.3, 0.4) is 0 Å². The number of benzene rings is 1. The van der Waals surface area contributed by atoms with Gasteiger partial charge in [-0.25, -0.2) is 4.39 Å². The maximum atomic E-state index is 12.9. The molecular formula is C12H17FOS. The highest BCUT2D eigenvalue weighted by molar-refractivity contribution is 7.80. The molecule has 0 fully saturated rings. The number of hydrogen-bond donors (Lipinski definition) is 1. The fourth-order valence-corrected chi connectivity index (χ4v) is 1.60. The lowest BCUT2D eigenvalue weighted by Gasteiger charge is -2.06. The molecule has 0 saturated carbocycles. The van der Waals surface area contributed by atoms with E-state index in [9.17, 15) is 4.39 Å². The molecule has 3 heteroatoms. The molecule has 1 aromatic rings. The smallest absolute Gasteiger partial charge is 0.128 e. The average molecular weight is 228 g/mol. The first-order valence-corrected chi connectivity index (χ1v) is 5.79. The second kappa shape index (κ2) is 6.72. The maximum Gasteiger partial charge on any atom is 0.128 e. The molecule has 0 aromatic heterocycles. The van der Waals surface area contributed by atoms with Crippen LogP contribution in [0.15, 0.2) is 23.1 Å². The molecule has 1 rings (SSSR count). The van der Waals surface area contributed by atoms with Crippen molar-refractivity contribution < 1.29 is 9.13 Å². The molecule has 0 heterocycles. The van der Waals surface area contributed by atoms with E-state index in [4.69, 9.17) is 4.74 Å². The lowest BCUT2D eigenvalue weighted by atomic mass is 10.2. The molecule has 0 saturated heterocycles. The van der Waals surface area contributed by atoms with Crippen LogP contribution in [0, 0.1) is 5.82 Å². The summed E-state index contributed by atoms with van der Waals surface area (Å²) in [5, 5.41) is 0. The lowest BCUT2D eigenvalue weighted by Crippen LogP contribution is -1.97. The van der Waals surface area contributed by atoms with Crippen molar-refractivity contribution in [3.8, 4) is 5.75 Å². The van der Waals surface area contributed by atoms with E-state index in [0.29, 0.717) is 17.3 Å². The molecule has 0 atom stereocenters. The largest absolute Gasteiger partial charge is 0.493 e. The zero-order valence-electron chi connectivity index (χ0n) is 9.00. The molecular weight excluding hydrogens is 211 g/mol. The number of rotatable bonds is 6. The number of halogens is 1. The summed E-state index contributed by atoms with van der Waals surface area (Å²) in [5.41, 5.74) is 0. The molecule has 84 valence electrons. The molecule has 0 aliphatic heterocycles. The molecule has 15 heavy (non-hydrogen) atoms. The summed E-state index contributed by atoms with van der Waals surface area (Å²) in [5.74, 6) is 0.266. The summed E-state index contributed by atoms with van der Waals surface area (Å²) >= 11 is 4.08. The lowest BCUT2D eigenvalue weighted by molar-refractivity contribution is 0.303. The third-order valence-electron chi connectivity index (χ3n) is 2.12. The zero-order chi connectivity index (χ0) is 11.1. The second-order valence-electron chi connectivity index (χ2n) is 3.55. The summed E-state index contributed by atoms with van der Waals surface area (Å²) in [4.78, 5) is 0.596. The minimum Gasteiger partial charge on any atom is -0.493 e. The summed E-state index contributed by atoms with van der Waals surface area (Å²) in [6.45, 7) is 2.82. The summed E-state index contributed by atoms with van der Waals surface area (Å²) in [6, 6.07) is 4.48. The minimum absolute atomic E-state index is 0.300. The van der Waals surface area contributed by atoms with Gasteiger partial charge in [-0.3, -0.25) is 0 Å². The fraction of sp³-hybridized carbons (Fsp3) is 0.500. The van der Waals surface area contributed by atoms with Crippen molar-refractivity contribution in [2.45, 2.75) is 37.5 Å². The van der Waals surface area contributed by atoms with Crippen LogP contribution in [0.1, 0.15) is 32.6 Å². The first-order chi connectivity index (χ1) is 7.22. The highest BCUT2D eigenvalue weighted by Gasteiger charge is 1.99. The number of ether oxygens (including phenoxy) is 1. The Labute approximate surface area is 96.1 Å². The highest BCUT2D eigenvalue weighted by atomic mass is 32.1. The molecule has 0 N–H and O–H groups in total. The van der Waals surface area contributed by atoms with Crippen molar-refractivity contribution in [2.24, 2.45) is 0 Å². The first kappa shape index (κ1) is 12.4. The van der Waals surface area contributed by atoms with Crippen molar-refractivity contribution in [1.82, 2.24) is 0 Å². The van der Waals surface area contributed by atoms with Crippen molar-refractivity contribution in [2.75, 3.05) is 6.61 Å². The van der Waals surface area contributed by atoms with Gasteiger partial charge in [-0.05, 0) is 18.6 Å². The summed E-state index contributed by atoms with van der Waals surface area (Å²) in [7, 11) is 0. The van der Waals surface area contributed by atoms with E-state index < -0.39 is 0 Å². The van der Waals surface area contributed by atoms with Gasteiger partial charge in [0.2, 0.25) is 0 Å². The monoisotopic (exact) mass is 228 g/mol. The number of unbranched alkanes of at least 4 members (excludes halogenated alkanes) is 3. The van der Waals surface area contributed by atoms with Gasteiger partial charge in [0.1, 0.15) is 11.6 Å². The third kappa shape index (κ3) is 5.07. The summed E-state index contributed by atoms with van der Waals surface area (Å²) < 4.78 is 18.4. The van der Waals surface area contributed by atoms with Gasteiger partial charge in [0.05, 0.1) is 6.61 Å². The molecule has 1 aromatic carbocycles. The van der Waals surface area contributed by atoms with Gasteiger partial charge in [0, 0.05) is 11.0 Å². The highest BCUT2D eigenvalue weighted by Crippen LogP contribution is 2.19. The second-order valence-corrected chi connectivity index (χ2v) is 4.07. The van der Waals surface area contributed by atoms with Crippen LogP contribution in [0.5, 0.6) is 5.75 Å². The van der Waals surface area contributed by atoms with Gasteiger partial charge >= 0.3 is 0 Å². The number of hydrogen-bond acceptors (Lipinski definition) is 2. The van der Waals surface area contributed by atoms with Crippen LogP contribution in [0.25, 0.3) is 0 Å². The van der Waals surface area contributed by atoms with Crippen LogP contribution in [-0.2, 0) is 0 Å². The van der Waals surface area contributed by atoms with Crippen LogP contribution >= 0.6 is 12.6 Å². The van der Waals surface area contributed by atoms with Gasteiger partial charge in [-0.2, -0.15) is 0 Å². The van der Waals surface area contributed by atoms with E-state index in [1.807, 2.05) is 0 Å². The Morgan fingerprint density at radius 3 is 2.67 bits per heavy atom. The quantitative estimate of drug-likeness (QED) is 0.570. The molecule has 0 spiro atoms. The van der Waals surface area contributed by atoms with Crippen LogP contribution in [-0.4, -0.2) is 6.61 Å². The SMILES string of the molecule is CCCCCCOc1cc(F)cc(S)c1. The normalized spacial score (nSPS) is 10.3. The Morgan fingerprint density at radius 1 is 1.20 bits per heavy atom. The van der Waals surface area contributed by atoms with Crippen molar-refractivity contribution >= 4 is 12.6 Å². The van der Waals surface area contributed by atoms with E-state index in [0.717, 1.165) is 6.42 Å². The Hall–Kier alpha value is -0.700. The van der Waals surface area contributed by atoms with Crippen LogP contribution in [0.2, 0.25) is 0 Å². The summed E-state index contributed by atoms with van der Waals surface area (Å²) in [6.07, 6.45) is 4.62. The Morgan fingerprint density at radius 2 is 2.00 bits per heavy atom. The molecule has 0 bridgehead atoms. The third-order valence-corrected chi connectivity index (χ3v) is 2.38. The topological polar surface area (TPSA) is 9.23 Å². The fourth-order valence-electron chi connectivity index (χ4n) is 1.35. The van der Waals surface area contributed by atoms with E-state index in [-0.39, 0.29) is 5.82 Å². The van der Waals surface area contributed by atoms with E-state index in [1.54, 1.807) is 6.07 Å². The molecule has 0 aliphatic carbocycles. The Balaban J connectivity index is 2.31. The molecule has 0 amide bonds. The van der Waals surface area contributed by atoms with Crippen molar-refractivity contribution in [1.29, 1.82) is 0 Å². The predicted octanol–water partition coefficient (Wildman–Crippen LogP) is 4.07. The first-order valence-electron chi connectivity index (χ1n) is 5.34. The minimum atomic E-state index is -0.300. The van der Waals surface area contributed by atoms with Crippen LogP contribution in [0.4, 0.5) is 4.39 Å². The Kier molecular flexibility index (Phi) is 5.54. The van der Waals surface area contributed by atoms with Crippen molar-refractivity contribution in [3.05, 3.63) is 24.0 Å². The number of thiol groups is 1. The molecule has 1 nitrogen and oxygen atoms in total. The molecule has 0 aliphatic rings. The van der Waals surface area contributed by atoms with Gasteiger partial charge in [0.25, 0.3) is 0 Å². The van der Waals surface area contributed by atoms with Gasteiger partial charge < -0.3 is 4.74 Å².